The third-order valence-electron chi connectivity index (χ3n) is 1.42. The van der Waals surface area contributed by atoms with Crippen molar-refractivity contribution >= 4 is 22.2 Å². The first-order valence-corrected chi connectivity index (χ1v) is 4.36. The minimum Gasteiger partial charge on any atom is -0.504 e. The Morgan fingerprint density at radius 1 is 1.40 bits per heavy atom. The van der Waals surface area contributed by atoms with Gasteiger partial charge in [0.25, 0.3) is 0 Å². The molecule has 0 radical (unpaired) electrons. The standard InChI is InChI=1S/C8H4BrF3O3/c9-5-1-4(3-13)7(14)6(2-5)15-8(10,11)12/h1-3,14H. The molecular weight excluding hydrogens is 281 g/mol. The van der Waals surface area contributed by atoms with Gasteiger partial charge in [-0.1, -0.05) is 15.9 Å². The third kappa shape index (κ3) is 3.12. The number of carbonyl (C=O) groups is 1. The molecule has 0 saturated carbocycles. The average molecular weight is 285 g/mol. The molecular formula is C8H4BrF3O3. The van der Waals surface area contributed by atoms with E-state index in [0.717, 1.165) is 6.07 Å². The van der Waals surface area contributed by atoms with Crippen LogP contribution >= 0.6 is 15.9 Å². The molecule has 0 aliphatic carbocycles. The maximum atomic E-state index is 11.9. The highest BCUT2D eigenvalue weighted by atomic mass is 79.9. The van der Waals surface area contributed by atoms with Crippen LogP contribution in [0.15, 0.2) is 16.6 Å². The molecule has 0 fully saturated rings. The van der Waals surface area contributed by atoms with E-state index < -0.39 is 17.9 Å². The first-order valence-electron chi connectivity index (χ1n) is 3.57. The molecule has 15 heavy (non-hydrogen) atoms. The van der Waals surface area contributed by atoms with Gasteiger partial charge in [-0.2, -0.15) is 0 Å². The van der Waals surface area contributed by atoms with Gasteiger partial charge in [0.15, 0.2) is 17.8 Å². The van der Waals surface area contributed by atoms with Gasteiger partial charge in [0.05, 0.1) is 5.56 Å². The molecule has 1 aromatic carbocycles. The molecule has 0 spiro atoms. The van der Waals surface area contributed by atoms with Crippen LogP contribution in [0.3, 0.4) is 0 Å². The number of benzene rings is 1. The van der Waals surface area contributed by atoms with Gasteiger partial charge in [-0.05, 0) is 12.1 Å². The van der Waals surface area contributed by atoms with E-state index >= 15 is 0 Å². The number of alkyl halides is 3. The number of halogens is 4. The molecule has 3 nitrogen and oxygen atoms in total. The number of ether oxygens (including phenoxy) is 1. The SMILES string of the molecule is O=Cc1cc(Br)cc(OC(F)(F)F)c1O. The summed E-state index contributed by atoms with van der Waals surface area (Å²) >= 11 is 2.88. The van der Waals surface area contributed by atoms with Crippen LogP contribution in [0.1, 0.15) is 10.4 Å². The summed E-state index contributed by atoms with van der Waals surface area (Å²) in [5.41, 5.74) is -0.288. The number of rotatable bonds is 2. The van der Waals surface area contributed by atoms with Crippen molar-refractivity contribution in [3.05, 3.63) is 22.2 Å². The number of phenols is 1. The van der Waals surface area contributed by atoms with E-state index in [1.165, 1.54) is 6.07 Å². The van der Waals surface area contributed by atoms with Gasteiger partial charge in [-0.3, -0.25) is 4.79 Å². The van der Waals surface area contributed by atoms with Gasteiger partial charge in [0.1, 0.15) is 0 Å². The van der Waals surface area contributed by atoms with Crippen molar-refractivity contribution < 1.29 is 27.8 Å². The monoisotopic (exact) mass is 284 g/mol. The van der Waals surface area contributed by atoms with Crippen molar-refractivity contribution in [2.24, 2.45) is 0 Å². The van der Waals surface area contributed by atoms with E-state index in [2.05, 4.69) is 20.7 Å². The quantitative estimate of drug-likeness (QED) is 0.850. The zero-order valence-electron chi connectivity index (χ0n) is 7.01. The summed E-state index contributed by atoms with van der Waals surface area (Å²) in [4.78, 5) is 10.4. The van der Waals surface area contributed by atoms with Crippen LogP contribution in [0.5, 0.6) is 11.5 Å². The van der Waals surface area contributed by atoms with Crippen LogP contribution in [0.2, 0.25) is 0 Å². The highest BCUT2D eigenvalue weighted by molar-refractivity contribution is 9.10. The summed E-state index contributed by atoms with van der Waals surface area (Å²) in [6.45, 7) is 0. The zero-order valence-corrected chi connectivity index (χ0v) is 8.59. The Kier molecular flexibility index (Phi) is 3.23. The Labute approximate surface area is 90.6 Å². The van der Waals surface area contributed by atoms with E-state index in [1.54, 1.807) is 0 Å². The summed E-state index contributed by atoms with van der Waals surface area (Å²) < 4.78 is 39.3. The Morgan fingerprint density at radius 2 is 2.00 bits per heavy atom. The van der Waals surface area contributed by atoms with Gasteiger partial charge < -0.3 is 9.84 Å². The smallest absolute Gasteiger partial charge is 0.504 e. The zero-order chi connectivity index (χ0) is 11.6. The van der Waals surface area contributed by atoms with Gasteiger partial charge in [0.2, 0.25) is 0 Å². The molecule has 7 heteroatoms. The average Bonchev–Trinajstić information content (AvgIpc) is 2.08. The molecule has 82 valence electrons. The second kappa shape index (κ2) is 4.09. The van der Waals surface area contributed by atoms with Gasteiger partial charge in [-0.25, -0.2) is 0 Å². The number of hydrogen-bond acceptors (Lipinski definition) is 3. The largest absolute Gasteiger partial charge is 0.573 e. The highest BCUT2D eigenvalue weighted by Crippen LogP contribution is 2.36. The van der Waals surface area contributed by atoms with Crippen LogP contribution in [0.25, 0.3) is 0 Å². The number of phenolic OH excluding ortho intramolecular Hbond substituents is 1. The fourth-order valence-electron chi connectivity index (χ4n) is 0.887. The minimum atomic E-state index is -4.92. The second-order valence-corrected chi connectivity index (χ2v) is 3.42. The lowest BCUT2D eigenvalue weighted by molar-refractivity contribution is -0.275. The predicted octanol–water partition coefficient (Wildman–Crippen LogP) is 2.87. The van der Waals surface area contributed by atoms with Crippen molar-refractivity contribution in [2.75, 3.05) is 0 Å². The number of carbonyl (C=O) groups excluding carboxylic acids is 1. The summed E-state index contributed by atoms with van der Waals surface area (Å²) in [6.07, 6.45) is -4.69. The first-order chi connectivity index (χ1) is 6.83. The summed E-state index contributed by atoms with van der Waals surface area (Å²) in [7, 11) is 0. The maximum Gasteiger partial charge on any atom is 0.573 e. The van der Waals surface area contributed by atoms with Crippen LogP contribution in [0.4, 0.5) is 13.2 Å². The molecule has 0 atom stereocenters. The van der Waals surface area contributed by atoms with Crippen molar-refractivity contribution in [1.29, 1.82) is 0 Å². The molecule has 0 bridgehead atoms. The lowest BCUT2D eigenvalue weighted by Crippen LogP contribution is -2.17. The summed E-state index contributed by atoms with van der Waals surface area (Å²) in [5, 5.41) is 9.20. The van der Waals surface area contributed by atoms with E-state index in [-0.39, 0.29) is 16.3 Å². The Hall–Kier alpha value is -1.24. The van der Waals surface area contributed by atoms with E-state index in [9.17, 15) is 23.1 Å². The maximum absolute atomic E-state index is 11.9. The van der Waals surface area contributed by atoms with Gasteiger partial charge in [0, 0.05) is 4.47 Å². The lowest BCUT2D eigenvalue weighted by atomic mass is 10.2. The van der Waals surface area contributed by atoms with E-state index in [0.29, 0.717) is 0 Å². The van der Waals surface area contributed by atoms with Crippen molar-refractivity contribution in [2.45, 2.75) is 6.36 Å². The molecule has 0 aromatic heterocycles. The van der Waals surface area contributed by atoms with E-state index in [1.807, 2.05) is 0 Å². The molecule has 1 rings (SSSR count). The summed E-state index contributed by atoms with van der Waals surface area (Å²) in [6, 6.07) is 2.08. The fraction of sp³-hybridized carbons (Fsp3) is 0.125. The first kappa shape index (κ1) is 11.8. The van der Waals surface area contributed by atoms with E-state index in [4.69, 9.17) is 0 Å². The number of hydrogen-bond donors (Lipinski definition) is 1. The molecule has 0 aliphatic heterocycles. The normalized spacial score (nSPS) is 11.2. The van der Waals surface area contributed by atoms with Crippen molar-refractivity contribution in [1.82, 2.24) is 0 Å². The minimum absolute atomic E-state index is 0.196. The fourth-order valence-corrected chi connectivity index (χ4v) is 1.34. The Morgan fingerprint density at radius 3 is 2.47 bits per heavy atom. The van der Waals surface area contributed by atoms with Crippen LogP contribution in [-0.2, 0) is 0 Å². The predicted molar refractivity (Wildman–Crippen MR) is 47.9 cm³/mol. The van der Waals surface area contributed by atoms with Crippen molar-refractivity contribution in [3.63, 3.8) is 0 Å². The van der Waals surface area contributed by atoms with Crippen LogP contribution in [-0.4, -0.2) is 17.8 Å². The third-order valence-corrected chi connectivity index (χ3v) is 1.88. The Balaban J connectivity index is 3.18. The van der Waals surface area contributed by atoms with Gasteiger partial charge >= 0.3 is 6.36 Å². The number of aldehydes is 1. The molecule has 0 saturated heterocycles. The summed E-state index contributed by atoms with van der Waals surface area (Å²) in [5.74, 6) is -1.66. The lowest BCUT2D eigenvalue weighted by Gasteiger charge is -2.11. The topological polar surface area (TPSA) is 46.5 Å². The van der Waals surface area contributed by atoms with Gasteiger partial charge in [-0.15, -0.1) is 13.2 Å². The van der Waals surface area contributed by atoms with Crippen LogP contribution < -0.4 is 4.74 Å². The molecule has 0 amide bonds. The van der Waals surface area contributed by atoms with Crippen molar-refractivity contribution in [3.8, 4) is 11.5 Å². The molecule has 0 heterocycles. The van der Waals surface area contributed by atoms with Crippen LogP contribution in [0, 0.1) is 0 Å². The number of aromatic hydroxyl groups is 1. The molecule has 0 aliphatic rings. The Bertz CT molecular complexity index is 389. The highest BCUT2D eigenvalue weighted by Gasteiger charge is 2.32. The molecule has 1 aromatic rings. The molecule has 0 unspecified atom stereocenters. The second-order valence-electron chi connectivity index (χ2n) is 2.51. The molecule has 1 N–H and O–H groups in total.